The number of nitro benzene ring substituents is 1. The lowest BCUT2D eigenvalue weighted by atomic mass is 10.0. The third-order valence-corrected chi connectivity index (χ3v) is 7.99. The van der Waals surface area contributed by atoms with Gasteiger partial charge in [-0.1, -0.05) is 18.2 Å². The van der Waals surface area contributed by atoms with E-state index in [2.05, 4.69) is 49.1 Å². The van der Waals surface area contributed by atoms with Gasteiger partial charge < -0.3 is 19.7 Å². The smallest absolute Gasteiger partial charge is 0.294 e. The number of hydrogen-bond acceptors (Lipinski definition) is 8. The molecule has 2 aliphatic rings. The van der Waals surface area contributed by atoms with Gasteiger partial charge in [0.2, 0.25) is 5.95 Å². The van der Waals surface area contributed by atoms with Crippen molar-refractivity contribution >= 4 is 33.9 Å². The predicted octanol–water partition coefficient (Wildman–Crippen LogP) is 5.02. The highest BCUT2D eigenvalue weighted by Crippen LogP contribution is 2.38. The highest BCUT2D eigenvalue weighted by molar-refractivity contribution is 5.98. The van der Waals surface area contributed by atoms with E-state index in [0.29, 0.717) is 28.7 Å². The van der Waals surface area contributed by atoms with Gasteiger partial charge in [0.05, 0.1) is 33.6 Å². The summed E-state index contributed by atoms with van der Waals surface area (Å²) in [4.78, 5) is 25.1. The number of anilines is 3. The molecule has 0 bridgehead atoms. The Hall–Kier alpha value is -4.49. The van der Waals surface area contributed by atoms with Crippen LogP contribution in [-0.2, 0) is 13.0 Å². The molecule has 4 heterocycles. The lowest BCUT2D eigenvalue weighted by molar-refractivity contribution is -0.384. The standard InChI is InChI=1S/C29H30N8O2/c1-18-12-25(35-11-9-21(16-35)34(2)3)26(37(38)39)13-24(18)32-29-31-15-20(14-30)27(33-29)23-17-36-10-5-7-19-6-4-8-22(23)28(19)36/h4,6,8,12-13,15,17,21H,5,7,9-11,16H2,1-3H3,(H,31,32,33)/t21-/m0/s1. The molecule has 2 aromatic carbocycles. The SMILES string of the molecule is Cc1cc(N2CC[C@H](N(C)C)C2)c([N+](=O)[O-])cc1Nc1ncc(C#N)c(-c2cn3c4c(cccc24)CCC3)n1. The van der Waals surface area contributed by atoms with Crippen LogP contribution < -0.4 is 10.2 Å². The van der Waals surface area contributed by atoms with Crippen LogP contribution in [0.25, 0.3) is 22.2 Å². The quantitative estimate of drug-likeness (QED) is 0.277. The first-order chi connectivity index (χ1) is 18.8. The molecule has 0 radical (unpaired) electrons. The van der Waals surface area contributed by atoms with Gasteiger partial charge in [-0.05, 0) is 57.5 Å². The molecule has 1 saturated heterocycles. The van der Waals surface area contributed by atoms with Crippen molar-refractivity contribution in [2.45, 2.75) is 38.8 Å². The Morgan fingerprint density at radius 3 is 2.85 bits per heavy atom. The number of nitrogens with zero attached hydrogens (tertiary/aromatic N) is 7. The van der Waals surface area contributed by atoms with Gasteiger partial charge in [0, 0.05) is 48.9 Å². The monoisotopic (exact) mass is 522 g/mol. The van der Waals surface area contributed by atoms with Gasteiger partial charge in [-0.15, -0.1) is 0 Å². The Labute approximate surface area is 226 Å². The zero-order valence-corrected chi connectivity index (χ0v) is 22.3. The molecule has 6 rings (SSSR count). The molecule has 39 heavy (non-hydrogen) atoms. The van der Waals surface area contributed by atoms with E-state index in [1.165, 1.54) is 17.3 Å². The summed E-state index contributed by atoms with van der Waals surface area (Å²) in [7, 11) is 4.08. The van der Waals surface area contributed by atoms with Gasteiger partial charge in [0.15, 0.2) is 0 Å². The molecule has 0 unspecified atom stereocenters. The van der Waals surface area contributed by atoms with Gasteiger partial charge in [0.1, 0.15) is 11.8 Å². The Bertz CT molecular complexity index is 1650. The number of aromatic nitrogens is 3. The largest absolute Gasteiger partial charge is 0.364 e. The van der Waals surface area contributed by atoms with Crippen LogP contribution in [-0.4, -0.2) is 57.6 Å². The molecule has 2 aromatic heterocycles. The van der Waals surface area contributed by atoms with Crippen molar-refractivity contribution < 1.29 is 4.92 Å². The summed E-state index contributed by atoms with van der Waals surface area (Å²) in [6.45, 7) is 4.36. The fourth-order valence-electron chi connectivity index (χ4n) is 5.89. The van der Waals surface area contributed by atoms with Crippen LogP contribution in [0.5, 0.6) is 0 Å². The predicted molar refractivity (Wildman–Crippen MR) is 151 cm³/mol. The Morgan fingerprint density at radius 1 is 1.26 bits per heavy atom. The van der Waals surface area contributed by atoms with Crippen molar-refractivity contribution in [2.24, 2.45) is 0 Å². The zero-order valence-electron chi connectivity index (χ0n) is 22.3. The molecule has 198 valence electrons. The second-order valence-corrected chi connectivity index (χ2v) is 10.6. The molecule has 10 heteroatoms. The fourth-order valence-corrected chi connectivity index (χ4v) is 5.89. The minimum Gasteiger partial charge on any atom is -0.364 e. The first-order valence-electron chi connectivity index (χ1n) is 13.2. The number of rotatable bonds is 6. The first kappa shape index (κ1) is 24.8. The molecule has 1 N–H and O–H groups in total. The number of hydrogen-bond donors (Lipinski definition) is 1. The van der Waals surface area contributed by atoms with E-state index in [4.69, 9.17) is 4.98 Å². The Morgan fingerprint density at radius 2 is 2.10 bits per heavy atom. The summed E-state index contributed by atoms with van der Waals surface area (Å²) in [5.74, 6) is 0.287. The Kier molecular flexibility index (Phi) is 6.16. The number of nitrogens with one attached hydrogen (secondary N) is 1. The minimum absolute atomic E-state index is 0.0466. The van der Waals surface area contributed by atoms with E-state index in [-0.39, 0.29) is 16.6 Å². The van der Waals surface area contributed by atoms with Crippen LogP contribution in [0.3, 0.4) is 0 Å². The van der Waals surface area contributed by atoms with Gasteiger partial charge >= 0.3 is 0 Å². The maximum atomic E-state index is 12.1. The lowest BCUT2D eigenvalue weighted by Gasteiger charge is -2.22. The normalized spacial score (nSPS) is 16.6. The average molecular weight is 523 g/mol. The summed E-state index contributed by atoms with van der Waals surface area (Å²) in [5.41, 5.74) is 6.40. The molecule has 10 nitrogen and oxygen atoms in total. The second kappa shape index (κ2) is 9.67. The average Bonchev–Trinajstić information content (AvgIpc) is 3.57. The summed E-state index contributed by atoms with van der Waals surface area (Å²) >= 11 is 0. The van der Waals surface area contributed by atoms with Gasteiger partial charge in [0.25, 0.3) is 5.69 Å². The van der Waals surface area contributed by atoms with Crippen LogP contribution >= 0.6 is 0 Å². The maximum absolute atomic E-state index is 12.1. The van der Waals surface area contributed by atoms with Crippen LogP contribution in [0.2, 0.25) is 0 Å². The zero-order chi connectivity index (χ0) is 27.3. The second-order valence-electron chi connectivity index (χ2n) is 10.6. The molecule has 0 spiro atoms. The van der Waals surface area contributed by atoms with E-state index >= 15 is 0 Å². The Balaban J connectivity index is 1.38. The van der Waals surface area contributed by atoms with E-state index in [9.17, 15) is 15.4 Å². The summed E-state index contributed by atoms with van der Waals surface area (Å²) in [6.07, 6.45) is 6.65. The highest BCUT2D eigenvalue weighted by atomic mass is 16.6. The molecule has 2 aliphatic heterocycles. The number of nitriles is 1. The van der Waals surface area contributed by atoms with Crippen molar-refractivity contribution in [3.05, 3.63) is 69.5 Å². The first-order valence-corrected chi connectivity index (χ1v) is 13.2. The molecule has 0 aliphatic carbocycles. The fraction of sp³-hybridized carbons (Fsp3) is 0.345. The number of benzene rings is 2. The van der Waals surface area contributed by atoms with Crippen LogP contribution in [0.4, 0.5) is 23.0 Å². The number of nitro groups is 1. The third-order valence-electron chi connectivity index (χ3n) is 7.99. The topological polar surface area (TPSA) is 116 Å². The van der Waals surface area contributed by atoms with E-state index in [1.807, 2.05) is 33.2 Å². The molecule has 1 fully saturated rings. The molecule has 0 saturated carbocycles. The van der Waals surface area contributed by atoms with Crippen molar-refractivity contribution in [2.75, 3.05) is 37.4 Å². The molecule has 0 amide bonds. The van der Waals surface area contributed by atoms with Crippen molar-refractivity contribution in [1.82, 2.24) is 19.4 Å². The van der Waals surface area contributed by atoms with E-state index < -0.39 is 0 Å². The van der Waals surface area contributed by atoms with Crippen LogP contribution in [0.1, 0.15) is 29.5 Å². The van der Waals surface area contributed by atoms with Crippen molar-refractivity contribution in [1.29, 1.82) is 5.26 Å². The number of aryl methyl sites for hydroxylation is 3. The summed E-state index contributed by atoms with van der Waals surface area (Å²) in [6, 6.07) is 12.3. The van der Waals surface area contributed by atoms with Crippen LogP contribution in [0.15, 0.2) is 42.7 Å². The molecular formula is C29H30N8O2. The van der Waals surface area contributed by atoms with Gasteiger partial charge in [-0.2, -0.15) is 5.26 Å². The molecular weight excluding hydrogens is 492 g/mol. The number of likely N-dealkylation sites (N-methyl/N-ethyl adjacent to an activating group) is 1. The summed E-state index contributed by atoms with van der Waals surface area (Å²) in [5, 5.41) is 26.2. The number of para-hydroxylation sites is 1. The van der Waals surface area contributed by atoms with Crippen LogP contribution in [0, 0.1) is 28.4 Å². The maximum Gasteiger partial charge on any atom is 0.294 e. The van der Waals surface area contributed by atoms with E-state index in [1.54, 1.807) is 6.07 Å². The van der Waals surface area contributed by atoms with Crippen molar-refractivity contribution in [3.63, 3.8) is 0 Å². The third kappa shape index (κ3) is 4.34. The highest BCUT2D eigenvalue weighted by Gasteiger charge is 2.30. The van der Waals surface area contributed by atoms with Gasteiger partial charge in [-0.25, -0.2) is 9.97 Å². The van der Waals surface area contributed by atoms with Crippen molar-refractivity contribution in [3.8, 4) is 17.3 Å². The van der Waals surface area contributed by atoms with Gasteiger partial charge in [-0.3, -0.25) is 10.1 Å². The molecule has 1 atom stereocenters. The lowest BCUT2D eigenvalue weighted by Crippen LogP contribution is -2.31. The van der Waals surface area contributed by atoms with E-state index in [0.717, 1.165) is 55.4 Å². The summed E-state index contributed by atoms with van der Waals surface area (Å²) < 4.78 is 2.24. The molecule has 4 aromatic rings. The minimum atomic E-state index is -0.331.